The van der Waals surface area contributed by atoms with Crippen molar-refractivity contribution in [3.63, 3.8) is 0 Å². The van der Waals surface area contributed by atoms with Crippen molar-refractivity contribution in [1.82, 2.24) is 0 Å². The van der Waals surface area contributed by atoms with Gasteiger partial charge >= 0.3 is 0 Å². The molecule has 2 aliphatic carbocycles. The molecule has 2 fully saturated rings. The second kappa shape index (κ2) is 2.98. The van der Waals surface area contributed by atoms with Crippen molar-refractivity contribution in [2.45, 2.75) is 44.1 Å². The van der Waals surface area contributed by atoms with Gasteiger partial charge in [0.1, 0.15) is 0 Å². The lowest BCUT2D eigenvalue weighted by atomic mass is 9.53. The van der Waals surface area contributed by atoms with Crippen molar-refractivity contribution in [3.05, 3.63) is 0 Å². The number of carbonyl (C=O) groups is 1. The van der Waals surface area contributed by atoms with Crippen LogP contribution >= 0.6 is 0 Å². The molecule has 3 nitrogen and oxygen atoms in total. The average molecular weight is 182 g/mol. The third-order valence-corrected chi connectivity index (χ3v) is 3.79. The Morgan fingerprint density at radius 3 is 2.69 bits per heavy atom. The van der Waals surface area contributed by atoms with Crippen LogP contribution in [0.1, 0.15) is 38.5 Å². The largest absolute Gasteiger partial charge is 0.370 e. The van der Waals surface area contributed by atoms with Gasteiger partial charge in [-0.2, -0.15) is 0 Å². The van der Waals surface area contributed by atoms with E-state index in [1.807, 2.05) is 0 Å². The third kappa shape index (κ3) is 1.46. The number of hydrogen-bond acceptors (Lipinski definition) is 2. The van der Waals surface area contributed by atoms with Gasteiger partial charge < -0.3 is 11.5 Å². The van der Waals surface area contributed by atoms with E-state index in [2.05, 4.69) is 0 Å². The van der Waals surface area contributed by atoms with Gasteiger partial charge in [-0.15, -0.1) is 0 Å². The summed E-state index contributed by atoms with van der Waals surface area (Å²) in [5, 5.41) is 0. The van der Waals surface area contributed by atoms with Crippen LogP contribution in [0, 0.1) is 11.8 Å². The minimum Gasteiger partial charge on any atom is -0.370 e. The topological polar surface area (TPSA) is 69.1 Å². The molecular formula is C10H18N2O. The van der Waals surface area contributed by atoms with E-state index in [1.54, 1.807) is 0 Å². The highest BCUT2D eigenvalue weighted by molar-refractivity contribution is 5.75. The fourth-order valence-electron chi connectivity index (χ4n) is 3.22. The molecule has 0 aliphatic heterocycles. The van der Waals surface area contributed by atoms with E-state index in [0.717, 1.165) is 12.3 Å². The van der Waals surface area contributed by atoms with Crippen LogP contribution in [0.2, 0.25) is 0 Å². The highest BCUT2D eigenvalue weighted by Crippen LogP contribution is 2.51. The summed E-state index contributed by atoms with van der Waals surface area (Å²) in [4.78, 5) is 10.8. The molecule has 0 heterocycles. The van der Waals surface area contributed by atoms with E-state index >= 15 is 0 Å². The van der Waals surface area contributed by atoms with Gasteiger partial charge in [-0.25, -0.2) is 0 Å². The first kappa shape index (κ1) is 9.00. The van der Waals surface area contributed by atoms with Crippen LogP contribution in [-0.2, 0) is 4.79 Å². The summed E-state index contributed by atoms with van der Waals surface area (Å²) in [5.74, 6) is 1.12. The molecule has 0 aromatic carbocycles. The number of hydrogen-bond donors (Lipinski definition) is 2. The number of carbonyl (C=O) groups excluding carboxylic acids is 1. The molecule has 0 aromatic rings. The number of fused-ring (bicyclic) bond motifs is 1. The highest BCUT2D eigenvalue weighted by atomic mass is 16.1. The molecule has 0 saturated heterocycles. The molecular weight excluding hydrogens is 164 g/mol. The first-order valence-electron chi connectivity index (χ1n) is 5.19. The van der Waals surface area contributed by atoms with E-state index in [4.69, 9.17) is 11.5 Å². The van der Waals surface area contributed by atoms with Gasteiger partial charge in [0.15, 0.2) is 0 Å². The summed E-state index contributed by atoms with van der Waals surface area (Å²) >= 11 is 0. The fourth-order valence-corrected chi connectivity index (χ4v) is 3.22. The monoisotopic (exact) mass is 182 g/mol. The number of amides is 1. The average Bonchev–Trinajstić information content (AvgIpc) is 2.02. The van der Waals surface area contributed by atoms with Crippen molar-refractivity contribution in [3.8, 4) is 0 Å². The highest BCUT2D eigenvalue weighted by Gasteiger charge is 2.51. The summed E-state index contributed by atoms with van der Waals surface area (Å²) in [6.07, 6.45) is 6.53. The Balaban J connectivity index is 1.98. The van der Waals surface area contributed by atoms with Gasteiger partial charge in [0.05, 0.1) is 0 Å². The molecule has 3 atom stereocenters. The minimum atomic E-state index is -0.244. The SMILES string of the molecule is NC(=O)CC1(N)CC2CCCCC21. The van der Waals surface area contributed by atoms with Crippen LogP contribution in [0.25, 0.3) is 0 Å². The molecule has 4 N–H and O–H groups in total. The van der Waals surface area contributed by atoms with Gasteiger partial charge in [-0.3, -0.25) is 4.79 Å². The molecule has 0 aromatic heterocycles. The van der Waals surface area contributed by atoms with Crippen molar-refractivity contribution in [1.29, 1.82) is 0 Å². The number of rotatable bonds is 2. The molecule has 1 amide bonds. The van der Waals surface area contributed by atoms with Gasteiger partial charge in [0.2, 0.25) is 5.91 Å². The minimum absolute atomic E-state index is 0.239. The standard InChI is InChI=1S/C10H18N2O/c11-9(13)6-10(12)5-7-3-1-2-4-8(7)10/h7-8H,1-6,12H2,(H2,11,13). The molecule has 13 heavy (non-hydrogen) atoms. The zero-order valence-corrected chi connectivity index (χ0v) is 7.96. The maximum atomic E-state index is 10.8. The maximum Gasteiger partial charge on any atom is 0.219 e. The van der Waals surface area contributed by atoms with Gasteiger partial charge in [-0.1, -0.05) is 19.3 Å². The Morgan fingerprint density at radius 1 is 1.38 bits per heavy atom. The summed E-state index contributed by atoms with van der Waals surface area (Å²) in [6.45, 7) is 0. The van der Waals surface area contributed by atoms with Crippen LogP contribution in [0.15, 0.2) is 0 Å². The number of nitrogens with two attached hydrogens (primary N) is 2. The van der Waals surface area contributed by atoms with Crippen molar-refractivity contribution >= 4 is 5.91 Å². The van der Waals surface area contributed by atoms with E-state index < -0.39 is 0 Å². The molecule has 0 bridgehead atoms. The Kier molecular flexibility index (Phi) is 2.06. The van der Waals surface area contributed by atoms with E-state index in [0.29, 0.717) is 12.3 Å². The zero-order valence-electron chi connectivity index (χ0n) is 7.96. The van der Waals surface area contributed by atoms with Gasteiger partial charge in [-0.05, 0) is 24.7 Å². The lowest BCUT2D eigenvalue weighted by Crippen LogP contribution is -2.62. The normalized spacial score (nSPS) is 43.5. The van der Waals surface area contributed by atoms with Crippen LogP contribution < -0.4 is 11.5 Å². The number of primary amides is 1. The first-order valence-corrected chi connectivity index (χ1v) is 5.19. The molecule has 0 radical (unpaired) electrons. The summed E-state index contributed by atoms with van der Waals surface area (Å²) in [6, 6.07) is 0. The van der Waals surface area contributed by atoms with Gasteiger partial charge in [0.25, 0.3) is 0 Å². The van der Waals surface area contributed by atoms with E-state index in [9.17, 15) is 4.79 Å². The summed E-state index contributed by atoms with van der Waals surface area (Å²) in [7, 11) is 0. The molecule has 74 valence electrons. The maximum absolute atomic E-state index is 10.8. The predicted molar refractivity (Wildman–Crippen MR) is 50.8 cm³/mol. The molecule has 3 heteroatoms. The van der Waals surface area contributed by atoms with Crippen LogP contribution in [-0.4, -0.2) is 11.4 Å². The zero-order chi connectivity index (χ0) is 9.47. The second-order valence-electron chi connectivity index (χ2n) is 4.73. The van der Waals surface area contributed by atoms with Crippen LogP contribution in [0.3, 0.4) is 0 Å². The smallest absolute Gasteiger partial charge is 0.219 e. The fraction of sp³-hybridized carbons (Fsp3) is 0.900. The summed E-state index contributed by atoms with van der Waals surface area (Å²) < 4.78 is 0. The van der Waals surface area contributed by atoms with Gasteiger partial charge in [0, 0.05) is 12.0 Å². The Morgan fingerprint density at radius 2 is 2.08 bits per heavy atom. The van der Waals surface area contributed by atoms with Crippen molar-refractivity contribution in [2.24, 2.45) is 23.3 Å². The quantitative estimate of drug-likeness (QED) is 0.662. The second-order valence-corrected chi connectivity index (χ2v) is 4.73. The lowest BCUT2D eigenvalue weighted by molar-refractivity contribution is -0.122. The predicted octanol–water partition coefficient (Wildman–Crippen LogP) is 0.769. The molecule has 3 unspecified atom stereocenters. The van der Waals surface area contributed by atoms with Crippen molar-refractivity contribution < 1.29 is 4.79 Å². The lowest BCUT2D eigenvalue weighted by Gasteiger charge is -2.55. The third-order valence-electron chi connectivity index (χ3n) is 3.79. The first-order chi connectivity index (χ1) is 6.12. The molecule has 2 saturated carbocycles. The molecule has 0 spiro atoms. The molecule has 2 rings (SSSR count). The van der Waals surface area contributed by atoms with Crippen LogP contribution in [0.4, 0.5) is 0 Å². The van der Waals surface area contributed by atoms with Crippen LogP contribution in [0.5, 0.6) is 0 Å². The Bertz CT molecular complexity index is 229. The Labute approximate surface area is 78.9 Å². The van der Waals surface area contributed by atoms with E-state index in [-0.39, 0.29) is 11.4 Å². The summed E-state index contributed by atoms with van der Waals surface area (Å²) in [5.41, 5.74) is 11.1. The van der Waals surface area contributed by atoms with E-state index in [1.165, 1.54) is 25.7 Å². The molecule has 2 aliphatic rings. The Hall–Kier alpha value is -0.570. The van der Waals surface area contributed by atoms with Crippen molar-refractivity contribution in [2.75, 3.05) is 0 Å².